The third kappa shape index (κ3) is 9.71. The van der Waals surface area contributed by atoms with Gasteiger partial charge in [-0.3, -0.25) is 9.59 Å². The SMILES string of the molecule is CS(=O)(=O)CS(=O)(=O)NCC(=O)NCC(=O)O. The molecular weight excluding hydrogens is 276 g/mol. The lowest BCUT2D eigenvalue weighted by Gasteiger charge is -2.05. The summed E-state index contributed by atoms with van der Waals surface area (Å²) in [4.78, 5) is 21.0. The predicted octanol–water partition coefficient (Wildman–Crippen LogP) is -2.89. The summed E-state index contributed by atoms with van der Waals surface area (Å²) in [7, 11) is -7.85. The second-order valence-electron chi connectivity index (χ2n) is 3.15. The van der Waals surface area contributed by atoms with Gasteiger partial charge in [-0.25, -0.2) is 21.6 Å². The van der Waals surface area contributed by atoms with Crippen LogP contribution in [0.25, 0.3) is 0 Å². The molecule has 9 nitrogen and oxygen atoms in total. The molecule has 0 spiro atoms. The number of carbonyl (C=O) groups is 2. The average Bonchev–Trinajstić information content (AvgIpc) is 2.07. The van der Waals surface area contributed by atoms with Crippen molar-refractivity contribution in [3.8, 4) is 0 Å². The Morgan fingerprint density at radius 1 is 1.12 bits per heavy atom. The molecule has 0 aromatic rings. The molecule has 0 aromatic heterocycles. The zero-order valence-electron chi connectivity index (χ0n) is 8.83. The zero-order chi connectivity index (χ0) is 13.7. The fourth-order valence-corrected chi connectivity index (χ4v) is 3.67. The van der Waals surface area contributed by atoms with Gasteiger partial charge in [-0.1, -0.05) is 0 Å². The first-order valence-electron chi connectivity index (χ1n) is 4.15. The molecule has 0 bridgehead atoms. The highest BCUT2D eigenvalue weighted by atomic mass is 32.3. The van der Waals surface area contributed by atoms with Crippen LogP contribution < -0.4 is 10.0 Å². The van der Waals surface area contributed by atoms with E-state index in [1.807, 2.05) is 5.32 Å². The monoisotopic (exact) mass is 288 g/mol. The molecule has 1 amide bonds. The lowest BCUT2D eigenvalue weighted by Crippen LogP contribution is -2.40. The molecule has 0 fully saturated rings. The van der Waals surface area contributed by atoms with Gasteiger partial charge in [-0.2, -0.15) is 0 Å². The molecule has 0 saturated heterocycles. The van der Waals surface area contributed by atoms with E-state index < -0.39 is 49.9 Å². The van der Waals surface area contributed by atoms with E-state index in [-0.39, 0.29) is 0 Å². The number of carbonyl (C=O) groups excluding carboxylic acids is 1. The van der Waals surface area contributed by atoms with Gasteiger partial charge in [-0.05, 0) is 0 Å². The number of hydrogen-bond acceptors (Lipinski definition) is 6. The van der Waals surface area contributed by atoms with Crippen molar-refractivity contribution in [1.29, 1.82) is 0 Å². The number of amides is 1. The molecule has 0 saturated carbocycles. The smallest absolute Gasteiger partial charge is 0.322 e. The molecule has 0 atom stereocenters. The number of sulfonamides is 1. The molecule has 0 aliphatic carbocycles. The van der Waals surface area contributed by atoms with Crippen LogP contribution in [-0.2, 0) is 29.4 Å². The minimum absolute atomic E-state index is 0.646. The van der Waals surface area contributed by atoms with Gasteiger partial charge in [0, 0.05) is 6.26 Å². The number of sulfone groups is 1. The molecule has 0 radical (unpaired) electrons. The van der Waals surface area contributed by atoms with Crippen molar-refractivity contribution in [2.45, 2.75) is 0 Å². The van der Waals surface area contributed by atoms with Gasteiger partial charge >= 0.3 is 5.97 Å². The maximum atomic E-state index is 11.1. The Morgan fingerprint density at radius 3 is 2.06 bits per heavy atom. The molecule has 3 N–H and O–H groups in total. The normalized spacial score (nSPS) is 12.1. The summed E-state index contributed by atoms with van der Waals surface area (Å²) in [5.74, 6) is -2.15. The van der Waals surface area contributed by atoms with Gasteiger partial charge in [0.2, 0.25) is 15.9 Å². The highest BCUT2D eigenvalue weighted by Gasteiger charge is 2.18. The first-order chi connectivity index (χ1) is 7.52. The highest BCUT2D eigenvalue weighted by molar-refractivity contribution is 8.06. The van der Waals surface area contributed by atoms with Crippen molar-refractivity contribution in [2.24, 2.45) is 0 Å². The quantitative estimate of drug-likeness (QED) is 0.455. The molecule has 0 unspecified atom stereocenters. The fraction of sp³-hybridized carbons (Fsp3) is 0.667. The lowest BCUT2D eigenvalue weighted by atomic mass is 10.5. The highest BCUT2D eigenvalue weighted by Crippen LogP contribution is 1.91. The van der Waals surface area contributed by atoms with E-state index in [4.69, 9.17) is 5.11 Å². The summed E-state index contributed by atoms with van der Waals surface area (Å²) in [6, 6.07) is 0. The number of carboxylic acid groups (broad SMARTS) is 1. The molecule has 0 aliphatic rings. The standard InChI is InChI=1S/C6H12N2O7S2/c1-16(12,13)4-17(14,15)8-2-5(9)7-3-6(10)11/h8H,2-4H2,1H3,(H,7,9)(H,10,11). The summed E-state index contributed by atoms with van der Waals surface area (Å²) in [5.41, 5.74) is 0. The number of carboxylic acids is 1. The average molecular weight is 288 g/mol. The Morgan fingerprint density at radius 2 is 1.65 bits per heavy atom. The molecule has 100 valence electrons. The van der Waals surface area contributed by atoms with Crippen LogP contribution in [0.15, 0.2) is 0 Å². The minimum atomic E-state index is -4.12. The summed E-state index contributed by atoms with van der Waals surface area (Å²) in [5, 5.41) is 8.98. The maximum Gasteiger partial charge on any atom is 0.322 e. The van der Waals surface area contributed by atoms with E-state index >= 15 is 0 Å². The molecule has 17 heavy (non-hydrogen) atoms. The second-order valence-corrected chi connectivity index (χ2v) is 7.46. The zero-order valence-corrected chi connectivity index (χ0v) is 10.5. The van der Waals surface area contributed by atoms with Crippen LogP contribution in [0.4, 0.5) is 0 Å². The number of nitrogens with one attached hydrogen (secondary N) is 2. The molecule has 0 aromatic carbocycles. The molecule has 0 rings (SSSR count). The van der Waals surface area contributed by atoms with E-state index in [0.717, 1.165) is 6.26 Å². The lowest BCUT2D eigenvalue weighted by molar-refractivity contribution is -0.137. The van der Waals surface area contributed by atoms with E-state index in [1.165, 1.54) is 0 Å². The third-order valence-corrected chi connectivity index (χ3v) is 4.80. The van der Waals surface area contributed by atoms with Gasteiger partial charge in [-0.15, -0.1) is 0 Å². The van der Waals surface area contributed by atoms with Gasteiger partial charge < -0.3 is 10.4 Å². The predicted molar refractivity (Wildman–Crippen MR) is 57.3 cm³/mol. The van der Waals surface area contributed by atoms with Gasteiger partial charge in [0.05, 0.1) is 6.54 Å². The number of rotatable bonds is 7. The van der Waals surface area contributed by atoms with E-state index in [0.29, 0.717) is 0 Å². The number of hydrogen-bond donors (Lipinski definition) is 3. The Balaban J connectivity index is 4.20. The first-order valence-corrected chi connectivity index (χ1v) is 7.87. The fourth-order valence-electron chi connectivity index (χ4n) is 0.736. The summed E-state index contributed by atoms with van der Waals surface area (Å²) >= 11 is 0. The maximum absolute atomic E-state index is 11.1. The van der Waals surface area contributed by atoms with Crippen LogP contribution in [-0.4, -0.2) is 58.2 Å². The Bertz CT molecular complexity index is 492. The first kappa shape index (κ1) is 15.8. The van der Waals surface area contributed by atoms with Gasteiger partial charge in [0.25, 0.3) is 0 Å². The Kier molecular flexibility index (Phi) is 5.51. The summed E-state index contributed by atoms with van der Waals surface area (Å²) in [6.45, 7) is -1.36. The third-order valence-electron chi connectivity index (χ3n) is 1.26. The van der Waals surface area contributed by atoms with Crippen molar-refractivity contribution in [3.63, 3.8) is 0 Å². The van der Waals surface area contributed by atoms with Crippen molar-refractivity contribution >= 4 is 31.7 Å². The van der Waals surface area contributed by atoms with Crippen LogP contribution in [0.3, 0.4) is 0 Å². The van der Waals surface area contributed by atoms with Crippen LogP contribution in [0.5, 0.6) is 0 Å². The largest absolute Gasteiger partial charge is 0.480 e. The van der Waals surface area contributed by atoms with Gasteiger partial charge in [0.15, 0.2) is 14.9 Å². The molecule has 0 aliphatic heterocycles. The molecule has 11 heteroatoms. The van der Waals surface area contributed by atoms with E-state index in [9.17, 15) is 26.4 Å². The van der Waals surface area contributed by atoms with Crippen LogP contribution >= 0.6 is 0 Å². The van der Waals surface area contributed by atoms with Crippen molar-refractivity contribution in [1.82, 2.24) is 10.0 Å². The second kappa shape index (κ2) is 5.93. The molecule has 0 heterocycles. The molecular formula is C6H12N2O7S2. The van der Waals surface area contributed by atoms with E-state index in [1.54, 1.807) is 4.72 Å². The van der Waals surface area contributed by atoms with Crippen molar-refractivity contribution < 1.29 is 31.5 Å². The minimum Gasteiger partial charge on any atom is -0.480 e. The van der Waals surface area contributed by atoms with Crippen LogP contribution in [0.2, 0.25) is 0 Å². The van der Waals surface area contributed by atoms with E-state index in [2.05, 4.69) is 0 Å². The summed E-state index contributed by atoms with van der Waals surface area (Å²) in [6.07, 6.45) is 0.733. The van der Waals surface area contributed by atoms with Crippen molar-refractivity contribution in [3.05, 3.63) is 0 Å². The van der Waals surface area contributed by atoms with Gasteiger partial charge in [0.1, 0.15) is 6.54 Å². The summed E-state index contributed by atoms with van der Waals surface area (Å²) < 4.78 is 45.3. The van der Waals surface area contributed by atoms with Crippen LogP contribution in [0, 0.1) is 0 Å². The Hall–Kier alpha value is -1.20. The number of aliphatic carboxylic acids is 1. The topological polar surface area (TPSA) is 147 Å². The Labute approximate surface area is 98.2 Å². The van der Waals surface area contributed by atoms with Crippen LogP contribution in [0.1, 0.15) is 0 Å². The van der Waals surface area contributed by atoms with Crippen molar-refractivity contribution in [2.75, 3.05) is 24.4 Å².